The van der Waals surface area contributed by atoms with Crippen LogP contribution in [0.5, 0.6) is 0 Å². The Morgan fingerprint density at radius 2 is 1.82 bits per heavy atom. The van der Waals surface area contributed by atoms with Gasteiger partial charge in [-0.25, -0.2) is 0 Å². The molecule has 0 amide bonds. The summed E-state index contributed by atoms with van der Waals surface area (Å²) >= 11 is 0. The zero-order chi connectivity index (χ0) is 8.48. The third kappa shape index (κ3) is 2.19. The van der Waals surface area contributed by atoms with Crippen LogP contribution in [0.3, 0.4) is 0 Å². The van der Waals surface area contributed by atoms with E-state index in [0.717, 1.165) is 6.04 Å². The maximum Gasteiger partial charge on any atom is 0.0141 e. The van der Waals surface area contributed by atoms with Crippen molar-refractivity contribution in [3.8, 4) is 0 Å². The molecule has 1 atom stereocenters. The Bertz CT molecular complexity index is 123. The lowest BCUT2D eigenvalue weighted by Gasteiger charge is -2.41. The molecule has 0 radical (unpaired) electrons. The minimum Gasteiger partial charge on any atom is -0.303 e. The molecule has 0 aromatic carbocycles. The van der Waals surface area contributed by atoms with Gasteiger partial charge in [-0.2, -0.15) is 0 Å². The van der Waals surface area contributed by atoms with Crippen molar-refractivity contribution in [3.63, 3.8) is 0 Å². The first-order chi connectivity index (χ1) is 5.02. The first-order valence-corrected chi connectivity index (χ1v) is 4.72. The van der Waals surface area contributed by atoms with Gasteiger partial charge in [0.2, 0.25) is 0 Å². The third-order valence-electron chi connectivity index (χ3n) is 2.77. The van der Waals surface area contributed by atoms with Crippen LogP contribution < -0.4 is 0 Å². The van der Waals surface area contributed by atoms with Gasteiger partial charge in [0, 0.05) is 6.04 Å². The molecule has 0 unspecified atom stereocenters. The van der Waals surface area contributed by atoms with Gasteiger partial charge < -0.3 is 4.90 Å². The second kappa shape index (κ2) is 3.14. The molecular weight excluding hydrogens is 134 g/mol. The van der Waals surface area contributed by atoms with Crippen molar-refractivity contribution >= 4 is 0 Å². The maximum atomic E-state index is 2.52. The highest BCUT2D eigenvalue weighted by Gasteiger charge is 2.29. The molecule has 1 saturated heterocycles. The van der Waals surface area contributed by atoms with E-state index in [9.17, 15) is 0 Å². The molecule has 1 heteroatoms. The number of nitrogens with zero attached hydrogens (tertiary/aromatic N) is 1. The third-order valence-corrected chi connectivity index (χ3v) is 2.77. The fourth-order valence-electron chi connectivity index (χ4n) is 2.17. The van der Waals surface area contributed by atoms with E-state index in [2.05, 4.69) is 32.7 Å². The predicted molar refractivity (Wildman–Crippen MR) is 49.7 cm³/mol. The highest BCUT2D eigenvalue weighted by Crippen LogP contribution is 2.30. The molecule has 0 aliphatic carbocycles. The van der Waals surface area contributed by atoms with Crippen LogP contribution in [0.25, 0.3) is 0 Å². The second-order valence-electron chi connectivity index (χ2n) is 4.86. The Balaban J connectivity index is 2.55. The van der Waals surface area contributed by atoms with Gasteiger partial charge in [0.25, 0.3) is 0 Å². The topological polar surface area (TPSA) is 3.24 Å². The van der Waals surface area contributed by atoms with Crippen LogP contribution >= 0.6 is 0 Å². The van der Waals surface area contributed by atoms with Crippen molar-refractivity contribution in [2.75, 3.05) is 13.6 Å². The van der Waals surface area contributed by atoms with Gasteiger partial charge >= 0.3 is 0 Å². The van der Waals surface area contributed by atoms with E-state index >= 15 is 0 Å². The lowest BCUT2D eigenvalue weighted by atomic mass is 9.81. The highest BCUT2D eigenvalue weighted by molar-refractivity contribution is 4.84. The van der Waals surface area contributed by atoms with Gasteiger partial charge in [0.15, 0.2) is 0 Å². The number of piperidine rings is 1. The Morgan fingerprint density at radius 1 is 1.18 bits per heavy atom. The summed E-state index contributed by atoms with van der Waals surface area (Å²) in [4.78, 5) is 2.52. The maximum absolute atomic E-state index is 2.52. The van der Waals surface area contributed by atoms with E-state index in [1.165, 1.54) is 25.8 Å². The largest absolute Gasteiger partial charge is 0.303 e. The quantitative estimate of drug-likeness (QED) is 0.519. The molecule has 11 heavy (non-hydrogen) atoms. The molecule has 0 aromatic heterocycles. The second-order valence-corrected chi connectivity index (χ2v) is 4.86. The van der Waals surface area contributed by atoms with Gasteiger partial charge in [-0.15, -0.1) is 0 Å². The normalized spacial score (nSPS) is 28.9. The van der Waals surface area contributed by atoms with Crippen molar-refractivity contribution in [3.05, 3.63) is 0 Å². The van der Waals surface area contributed by atoms with Gasteiger partial charge in [-0.3, -0.25) is 0 Å². The average molecular weight is 155 g/mol. The lowest BCUT2D eigenvalue weighted by molar-refractivity contribution is 0.0883. The van der Waals surface area contributed by atoms with Crippen LogP contribution in [0.1, 0.15) is 40.0 Å². The zero-order valence-electron chi connectivity index (χ0n) is 8.35. The number of hydrogen-bond donors (Lipinski definition) is 0. The number of rotatable bonds is 0. The molecule has 1 rings (SSSR count). The van der Waals surface area contributed by atoms with E-state index in [0.29, 0.717) is 5.41 Å². The van der Waals surface area contributed by atoms with Crippen LogP contribution in [-0.4, -0.2) is 24.5 Å². The molecule has 0 aromatic rings. The van der Waals surface area contributed by atoms with Crippen molar-refractivity contribution in [2.45, 2.75) is 46.1 Å². The van der Waals surface area contributed by atoms with E-state index in [1.807, 2.05) is 0 Å². The number of hydrogen-bond acceptors (Lipinski definition) is 1. The Hall–Kier alpha value is -0.0400. The number of likely N-dealkylation sites (tertiary alicyclic amines) is 1. The van der Waals surface area contributed by atoms with Crippen molar-refractivity contribution in [2.24, 2.45) is 5.41 Å². The molecule has 0 saturated carbocycles. The molecule has 1 nitrogen and oxygen atoms in total. The summed E-state index contributed by atoms with van der Waals surface area (Å²) in [5, 5.41) is 0. The first-order valence-electron chi connectivity index (χ1n) is 4.72. The molecule has 0 bridgehead atoms. The SMILES string of the molecule is CN1CCCC[C@@H]1C(C)(C)C. The van der Waals surface area contributed by atoms with E-state index in [4.69, 9.17) is 0 Å². The molecular formula is C10H21N. The molecule has 0 N–H and O–H groups in total. The van der Waals surface area contributed by atoms with Crippen LogP contribution in [0.15, 0.2) is 0 Å². The van der Waals surface area contributed by atoms with Gasteiger partial charge in [0.1, 0.15) is 0 Å². The lowest BCUT2D eigenvalue weighted by Crippen LogP contribution is -2.44. The summed E-state index contributed by atoms with van der Waals surface area (Å²) in [5.74, 6) is 0. The van der Waals surface area contributed by atoms with Gasteiger partial charge in [0.05, 0.1) is 0 Å². The standard InChI is InChI=1S/C10H21N/c1-10(2,3)9-7-5-6-8-11(9)4/h9H,5-8H2,1-4H3/t9-/m1/s1. The smallest absolute Gasteiger partial charge is 0.0141 e. The fourth-order valence-corrected chi connectivity index (χ4v) is 2.17. The summed E-state index contributed by atoms with van der Waals surface area (Å²) in [7, 11) is 2.26. The van der Waals surface area contributed by atoms with Crippen LogP contribution in [0.4, 0.5) is 0 Å². The Labute approximate surface area is 70.8 Å². The Morgan fingerprint density at radius 3 is 2.18 bits per heavy atom. The monoisotopic (exact) mass is 155 g/mol. The van der Waals surface area contributed by atoms with Crippen molar-refractivity contribution in [1.82, 2.24) is 4.90 Å². The van der Waals surface area contributed by atoms with Crippen LogP contribution in [-0.2, 0) is 0 Å². The zero-order valence-corrected chi connectivity index (χ0v) is 8.35. The highest BCUT2D eigenvalue weighted by atomic mass is 15.1. The summed E-state index contributed by atoms with van der Waals surface area (Å²) in [6.45, 7) is 8.33. The van der Waals surface area contributed by atoms with Crippen molar-refractivity contribution < 1.29 is 0 Å². The average Bonchev–Trinajstić information content (AvgIpc) is 1.86. The van der Waals surface area contributed by atoms with Gasteiger partial charge in [-0.05, 0) is 31.8 Å². The summed E-state index contributed by atoms with van der Waals surface area (Å²) in [5.41, 5.74) is 0.467. The fraction of sp³-hybridized carbons (Fsp3) is 1.00. The molecule has 1 aliphatic heterocycles. The molecule has 1 fully saturated rings. The minimum atomic E-state index is 0.467. The summed E-state index contributed by atoms with van der Waals surface area (Å²) < 4.78 is 0. The minimum absolute atomic E-state index is 0.467. The summed E-state index contributed by atoms with van der Waals surface area (Å²) in [6, 6.07) is 0.802. The van der Waals surface area contributed by atoms with E-state index in [1.54, 1.807) is 0 Å². The first kappa shape index (κ1) is 9.05. The predicted octanol–water partition coefficient (Wildman–Crippen LogP) is 2.52. The Kier molecular flexibility index (Phi) is 2.58. The van der Waals surface area contributed by atoms with Crippen LogP contribution in [0.2, 0.25) is 0 Å². The summed E-state index contributed by atoms with van der Waals surface area (Å²) in [6.07, 6.45) is 4.20. The van der Waals surface area contributed by atoms with Crippen LogP contribution in [0, 0.1) is 5.41 Å². The van der Waals surface area contributed by atoms with E-state index < -0.39 is 0 Å². The molecule has 1 aliphatic rings. The van der Waals surface area contributed by atoms with Crippen molar-refractivity contribution in [1.29, 1.82) is 0 Å². The molecule has 0 spiro atoms. The van der Waals surface area contributed by atoms with E-state index in [-0.39, 0.29) is 0 Å². The van der Waals surface area contributed by atoms with Gasteiger partial charge in [-0.1, -0.05) is 27.2 Å². The molecule has 1 heterocycles. The molecule has 66 valence electrons.